The number of furan rings is 1. The van der Waals surface area contributed by atoms with Crippen molar-refractivity contribution in [1.29, 1.82) is 0 Å². The van der Waals surface area contributed by atoms with Gasteiger partial charge in [-0.3, -0.25) is 14.9 Å². The van der Waals surface area contributed by atoms with Gasteiger partial charge in [0.05, 0.1) is 27.1 Å². The molecule has 4 rings (SSSR count). The number of thiazole rings is 2. The monoisotopic (exact) mass is 476 g/mol. The van der Waals surface area contributed by atoms with Crippen LogP contribution in [0.1, 0.15) is 22.7 Å². The molecule has 0 saturated heterocycles. The van der Waals surface area contributed by atoms with Crippen LogP contribution in [0.3, 0.4) is 0 Å². The van der Waals surface area contributed by atoms with Crippen molar-refractivity contribution in [3.8, 4) is 0 Å². The Labute approximate surface area is 185 Å². The third-order valence-electron chi connectivity index (χ3n) is 4.16. The van der Waals surface area contributed by atoms with Crippen LogP contribution >= 0.6 is 22.7 Å². The SMILES string of the molecule is CS(=O)(=O)c1ccc2nc(NC(=O)CCc3csc(NC(=O)c4ccco4)n3)sc2c1. The lowest BCUT2D eigenvalue weighted by Crippen LogP contribution is -2.12. The highest BCUT2D eigenvalue weighted by molar-refractivity contribution is 7.90. The lowest BCUT2D eigenvalue weighted by atomic mass is 10.2. The molecule has 1 aromatic carbocycles. The van der Waals surface area contributed by atoms with Gasteiger partial charge in [0.1, 0.15) is 0 Å². The number of rotatable bonds is 7. The topological polar surface area (TPSA) is 131 Å². The van der Waals surface area contributed by atoms with E-state index >= 15 is 0 Å². The number of aryl methyl sites for hydroxylation is 1. The lowest BCUT2D eigenvalue weighted by molar-refractivity contribution is -0.116. The van der Waals surface area contributed by atoms with Gasteiger partial charge in [-0.2, -0.15) is 0 Å². The zero-order chi connectivity index (χ0) is 22.0. The summed E-state index contributed by atoms with van der Waals surface area (Å²) in [6.07, 6.45) is 3.13. The number of fused-ring (bicyclic) bond motifs is 1. The first-order chi connectivity index (χ1) is 14.8. The van der Waals surface area contributed by atoms with Gasteiger partial charge in [0, 0.05) is 18.1 Å². The highest BCUT2D eigenvalue weighted by Gasteiger charge is 2.14. The molecule has 0 aliphatic rings. The van der Waals surface area contributed by atoms with E-state index in [1.807, 2.05) is 0 Å². The summed E-state index contributed by atoms with van der Waals surface area (Å²) in [5.74, 6) is -0.439. The Bertz CT molecular complexity index is 1360. The van der Waals surface area contributed by atoms with E-state index in [0.717, 1.165) is 6.26 Å². The molecule has 3 aromatic heterocycles. The maximum atomic E-state index is 12.3. The van der Waals surface area contributed by atoms with Crippen LogP contribution in [0.5, 0.6) is 0 Å². The van der Waals surface area contributed by atoms with E-state index in [0.29, 0.717) is 32.6 Å². The van der Waals surface area contributed by atoms with Crippen LogP contribution in [-0.4, -0.2) is 36.5 Å². The number of nitrogens with one attached hydrogen (secondary N) is 2. The molecule has 0 atom stereocenters. The molecule has 0 saturated carbocycles. The third-order valence-corrected chi connectivity index (χ3v) is 7.01. The fraction of sp³-hybridized carbons (Fsp3) is 0.158. The number of carbonyl (C=O) groups excluding carboxylic acids is 2. The van der Waals surface area contributed by atoms with Crippen molar-refractivity contribution in [2.75, 3.05) is 16.9 Å². The Morgan fingerprint density at radius 1 is 1.13 bits per heavy atom. The van der Waals surface area contributed by atoms with Crippen molar-refractivity contribution in [3.05, 3.63) is 53.4 Å². The molecule has 160 valence electrons. The molecule has 31 heavy (non-hydrogen) atoms. The van der Waals surface area contributed by atoms with Crippen molar-refractivity contribution in [1.82, 2.24) is 9.97 Å². The maximum Gasteiger partial charge on any atom is 0.293 e. The fourth-order valence-corrected chi connectivity index (χ4v) is 5.04. The summed E-state index contributed by atoms with van der Waals surface area (Å²) in [5.41, 5.74) is 1.29. The zero-order valence-corrected chi connectivity index (χ0v) is 18.6. The van der Waals surface area contributed by atoms with Crippen LogP contribution in [0, 0.1) is 0 Å². The number of amides is 2. The van der Waals surface area contributed by atoms with E-state index in [-0.39, 0.29) is 23.0 Å². The summed E-state index contributed by atoms with van der Waals surface area (Å²) in [6, 6.07) is 7.83. The summed E-state index contributed by atoms with van der Waals surface area (Å²) >= 11 is 2.47. The summed E-state index contributed by atoms with van der Waals surface area (Å²) in [6.45, 7) is 0. The Morgan fingerprint density at radius 2 is 1.97 bits per heavy atom. The first-order valence-electron chi connectivity index (χ1n) is 8.98. The van der Waals surface area contributed by atoms with Crippen LogP contribution in [0.4, 0.5) is 10.3 Å². The molecule has 0 aliphatic carbocycles. The number of nitrogens with zero attached hydrogens (tertiary/aromatic N) is 2. The van der Waals surface area contributed by atoms with Crippen molar-refractivity contribution in [2.24, 2.45) is 0 Å². The van der Waals surface area contributed by atoms with Crippen LogP contribution in [0.2, 0.25) is 0 Å². The van der Waals surface area contributed by atoms with Crippen LogP contribution in [0.15, 0.2) is 51.3 Å². The highest BCUT2D eigenvalue weighted by atomic mass is 32.2. The highest BCUT2D eigenvalue weighted by Crippen LogP contribution is 2.28. The Kier molecular flexibility index (Phi) is 5.85. The van der Waals surface area contributed by atoms with Crippen molar-refractivity contribution >= 4 is 64.8 Å². The van der Waals surface area contributed by atoms with Crippen LogP contribution in [0.25, 0.3) is 10.2 Å². The average Bonchev–Trinajstić information content (AvgIpc) is 3.45. The molecular weight excluding hydrogens is 460 g/mol. The predicted molar refractivity (Wildman–Crippen MR) is 118 cm³/mol. The summed E-state index contributed by atoms with van der Waals surface area (Å²) in [4.78, 5) is 33.1. The van der Waals surface area contributed by atoms with Gasteiger partial charge in [-0.05, 0) is 36.8 Å². The summed E-state index contributed by atoms with van der Waals surface area (Å²) < 4.78 is 29.1. The Morgan fingerprint density at radius 3 is 2.71 bits per heavy atom. The molecule has 9 nitrogen and oxygen atoms in total. The molecule has 0 radical (unpaired) electrons. The van der Waals surface area contributed by atoms with Crippen molar-refractivity contribution < 1.29 is 22.4 Å². The van der Waals surface area contributed by atoms with E-state index in [4.69, 9.17) is 4.42 Å². The van der Waals surface area contributed by atoms with E-state index in [1.165, 1.54) is 35.0 Å². The van der Waals surface area contributed by atoms with Gasteiger partial charge in [-0.1, -0.05) is 11.3 Å². The molecule has 2 N–H and O–H groups in total. The molecule has 0 aliphatic heterocycles. The average molecular weight is 477 g/mol. The first kappa shape index (κ1) is 21.2. The second-order valence-corrected chi connectivity index (χ2v) is 10.4. The maximum absolute atomic E-state index is 12.3. The molecule has 3 heterocycles. The molecular formula is C19H16N4O5S3. The predicted octanol–water partition coefficient (Wildman–Crippen LogP) is 3.57. The lowest BCUT2D eigenvalue weighted by Gasteiger charge is -2.00. The molecule has 0 spiro atoms. The van der Waals surface area contributed by atoms with Gasteiger partial charge in [-0.15, -0.1) is 11.3 Å². The van der Waals surface area contributed by atoms with Crippen molar-refractivity contribution in [2.45, 2.75) is 17.7 Å². The second-order valence-electron chi connectivity index (χ2n) is 6.54. The molecule has 0 unspecified atom stereocenters. The summed E-state index contributed by atoms with van der Waals surface area (Å²) in [5, 5.41) is 7.97. The van der Waals surface area contributed by atoms with E-state index < -0.39 is 15.7 Å². The normalized spacial score (nSPS) is 11.5. The molecule has 12 heteroatoms. The minimum atomic E-state index is -3.31. The van der Waals surface area contributed by atoms with E-state index in [9.17, 15) is 18.0 Å². The number of anilines is 2. The fourth-order valence-electron chi connectivity index (χ4n) is 2.66. The summed E-state index contributed by atoms with van der Waals surface area (Å²) in [7, 11) is -3.31. The standard InChI is InChI=1S/C19H16N4O5S3/c1-31(26,27)12-5-6-13-15(9-12)30-19(21-13)22-16(24)7-4-11-10-29-18(20-11)23-17(25)14-3-2-8-28-14/h2-3,5-6,8-10H,4,7H2,1H3,(H,20,23,25)(H,21,22,24). The van der Waals surface area contributed by atoms with E-state index in [2.05, 4.69) is 20.6 Å². The molecule has 2 amide bonds. The number of carbonyl (C=O) groups is 2. The van der Waals surface area contributed by atoms with Gasteiger partial charge in [0.15, 0.2) is 25.9 Å². The van der Waals surface area contributed by atoms with Gasteiger partial charge >= 0.3 is 0 Å². The van der Waals surface area contributed by atoms with Crippen molar-refractivity contribution in [3.63, 3.8) is 0 Å². The number of hydrogen-bond donors (Lipinski definition) is 2. The number of aromatic nitrogens is 2. The van der Waals surface area contributed by atoms with Crippen LogP contribution in [-0.2, 0) is 21.1 Å². The first-order valence-corrected chi connectivity index (χ1v) is 12.6. The molecule has 4 aromatic rings. The van der Waals surface area contributed by atoms with E-state index in [1.54, 1.807) is 29.6 Å². The zero-order valence-electron chi connectivity index (χ0n) is 16.1. The molecule has 0 bridgehead atoms. The Balaban J connectivity index is 1.33. The van der Waals surface area contributed by atoms with Gasteiger partial charge in [-0.25, -0.2) is 18.4 Å². The minimum Gasteiger partial charge on any atom is -0.459 e. The molecule has 0 fully saturated rings. The second kappa shape index (κ2) is 8.57. The smallest absolute Gasteiger partial charge is 0.293 e. The van der Waals surface area contributed by atoms with Crippen LogP contribution < -0.4 is 10.6 Å². The quantitative estimate of drug-likeness (QED) is 0.417. The van der Waals surface area contributed by atoms with Gasteiger partial charge in [0.25, 0.3) is 5.91 Å². The number of sulfone groups is 1. The third kappa shape index (κ3) is 5.16. The Hall–Kier alpha value is -3.09. The largest absolute Gasteiger partial charge is 0.459 e. The van der Waals surface area contributed by atoms with Gasteiger partial charge < -0.3 is 9.73 Å². The number of benzene rings is 1. The minimum absolute atomic E-state index is 0.180. The number of hydrogen-bond acceptors (Lipinski definition) is 9. The van der Waals surface area contributed by atoms with Gasteiger partial charge in [0.2, 0.25) is 5.91 Å².